The highest BCUT2D eigenvalue weighted by molar-refractivity contribution is 5.93. The minimum Gasteiger partial charge on any atom is -0.350 e. The summed E-state index contributed by atoms with van der Waals surface area (Å²) in [6.07, 6.45) is 0.122. The maximum Gasteiger partial charge on any atom is 0.330 e. The van der Waals surface area contributed by atoms with Gasteiger partial charge in [-0.1, -0.05) is 23.8 Å². The van der Waals surface area contributed by atoms with E-state index in [1.807, 2.05) is 46.8 Å². The molecule has 2 amide bonds. The minimum atomic E-state index is -0.299. The van der Waals surface area contributed by atoms with Crippen LogP contribution in [0, 0.1) is 13.8 Å². The van der Waals surface area contributed by atoms with Gasteiger partial charge in [-0.2, -0.15) is 0 Å². The number of amides is 2. The molecule has 170 valence electrons. The first kappa shape index (κ1) is 23.2. The zero-order chi connectivity index (χ0) is 23.4. The molecule has 8 heteroatoms. The first-order valence-corrected chi connectivity index (χ1v) is 11.0. The van der Waals surface area contributed by atoms with Crippen LogP contribution in [-0.4, -0.2) is 25.9 Å². The fraction of sp³-hybridized carbons (Fsp3) is 0.417. The number of anilines is 1. The molecule has 0 saturated carbocycles. The van der Waals surface area contributed by atoms with E-state index in [1.165, 1.54) is 0 Å². The lowest BCUT2D eigenvalue weighted by Crippen LogP contribution is -2.28. The van der Waals surface area contributed by atoms with E-state index in [0.717, 1.165) is 22.2 Å². The molecule has 0 aliphatic heterocycles. The Morgan fingerprint density at radius 3 is 2.38 bits per heavy atom. The van der Waals surface area contributed by atoms with Crippen molar-refractivity contribution in [3.8, 4) is 0 Å². The molecule has 0 radical (unpaired) electrons. The summed E-state index contributed by atoms with van der Waals surface area (Å²) < 4.78 is 3.23. The Bertz CT molecular complexity index is 1210. The number of carbonyl (C=O) groups excluding carboxylic acids is 2. The van der Waals surface area contributed by atoms with Gasteiger partial charge in [-0.25, -0.2) is 9.78 Å². The highest BCUT2D eigenvalue weighted by Gasteiger charge is 2.16. The number of pyridine rings is 1. The van der Waals surface area contributed by atoms with Crippen LogP contribution in [0.2, 0.25) is 0 Å². The van der Waals surface area contributed by atoms with Crippen molar-refractivity contribution < 1.29 is 9.59 Å². The van der Waals surface area contributed by atoms with Crippen molar-refractivity contribution in [3.63, 3.8) is 0 Å². The zero-order valence-electron chi connectivity index (χ0n) is 19.4. The number of rotatable bonds is 8. The van der Waals surface area contributed by atoms with Crippen molar-refractivity contribution in [2.45, 2.75) is 66.6 Å². The van der Waals surface area contributed by atoms with Crippen molar-refractivity contribution in [2.75, 3.05) is 5.32 Å². The average Bonchev–Trinajstić information content (AvgIpc) is 3.03. The van der Waals surface area contributed by atoms with Crippen molar-refractivity contribution >= 4 is 28.8 Å². The number of carbonyl (C=O) groups is 2. The fourth-order valence-corrected chi connectivity index (χ4v) is 3.90. The molecule has 0 bridgehead atoms. The summed E-state index contributed by atoms with van der Waals surface area (Å²) >= 11 is 0. The standard InChI is InChI=1S/C24H31N5O3/c1-6-28-19-10-11-20(27-23(19)29(7-2)24(28)32)26-22(31)13-12-21(30)25-17(5)18-14-15(3)8-9-16(18)4/h8-11,14,17H,6-7,12-13H2,1-5H3,(H,25,30)(H,26,27,31)/t17-/m1/s1. The van der Waals surface area contributed by atoms with Crippen molar-refractivity contribution in [1.29, 1.82) is 0 Å². The van der Waals surface area contributed by atoms with Gasteiger partial charge in [0.1, 0.15) is 5.82 Å². The van der Waals surface area contributed by atoms with Gasteiger partial charge < -0.3 is 10.6 Å². The van der Waals surface area contributed by atoms with Crippen molar-refractivity contribution in [3.05, 3.63) is 57.5 Å². The normalized spacial score (nSPS) is 12.0. The number of nitrogens with zero attached hydrogens (tertiary/aromatic N) is 3. The van der Waals surface area contributed by atoms with Crippen LogP contribution in [0.1, 0.15) is 56.3 Å². The van der Waals surface area contributed by atoms with Gasteiger partial charge in [-0.05, 0) is 57.9 Å². The summed E-state index contributed by atoms with van der Waals surface area (Å²) in [6, 6.07) is 9.47. The van der Waals surface area contributed by atoms with E-state index in [-0.39, 0.29) is 36.4 Å². The van der Waals surface area contributed by atoms with E-state index in [9.17, 15) is 14.4 Å². The van der Waals surface area contributed by atoms with E-state index in [4.69, 9.17) is 0 Å². The topological polar surface area (TPSA) is 98.0 Å². The van der Waals surface area contributed by atoms with E-state index in [2.05, 4.69) is 21.7 Å². The van der Waals surface area contributed by atoms with E-state index < -0.39 is 0 Å². The second kappa shape index (κ2) is 9.80. The molecule has 2 heterocycles. The van der Waals surface area contributed by atoms with Gasteiger partial charge >= 0.3 is 5.69 Å². The molecule has 0 saturated heterocycles. The molecule has 1 atom stereocenters. The Morgan fingerprint density at radius 1 is 1.00 bits per heavy atom. The Labute approximate surface area is 187 Å². The molecule has 8 nitrogen and oxygen atoms in total. The molecule has 2 aromatic heterocycles. The summed E-state index contributed by atoms with van der Waals surface area (Å²) in [5.74, 6) is -0.120. The minimum absolute atomic E-state index is 0.0433. The third-order valence-corrected chi connectivity index (χ3v) is 5.62. The van der Waals surface area contributed by atoms with Gasteiger partial charge in [0.05, 0.1) is 11.6 Å². The molecule has 0 unspecified atom stereocenters. The number of fused-ring (bicyclic) bond motifs is 1. The Kier molecular flexibility index (Phi) is 7.12. The smallest absolute Gasteiger partial charge is 0.330 e. The second-order valence-corrected chi connectivity index (χ2v) is 8.01. The van der Waals surface area contributed by atoms with Gasteiger partial charge in [-0.3, -0.25) is 18.7 Å². The average molecular weight is 438 g/mol. The van der Waals surface area contributed by atoms with Crippen molar-refractivity contribution in [1.82, 2.24) is 19.4 Å². The monoisotopic (exact) mass is 437 g/mol. The van der Waals surface area contributed by atoms with Gasteiger partial charge in [0, 0.05) is 25.9 Å². The predicted octanol–water partition coefficient (Wildman–Crippen LogP) is 3.45. The number of aromatic nitrogens is 3. The quantitative estimate of drug-likeness (QED) is 0.564. The lowest BCUT2D eigenvalue weighted by atomic mass is 10.00. The number of imidazole rings is 1. The van der Waals surface area contributed by atoms with Crippen LogP contribution < -0.4 is 16.3 Å². The number of hydrogen-bond donors (Lipinski definition) is 2. The molecular weight excluding hydrogens is 406 g/mol. The molecule has 0 fully saturated rings. The Balaban J connectivity index is 1.61. The third-order valence-electron chi connectivity index (χ3n) is 5.62. The van der Waals surface area contributed by atoms with Gasteiger partial charge in [-0.15, -0.1) is 0 Å². The van der Waals surface area contributed by atoms with Gasteiger partial charge in [0.15, 0.2) is 5.65 Å². The predicted molar refractivity (Wildman–Crippen MR) is 126 cm³/mol. The highest BCUT2D eigenvalue weighted by Crippen LogP contribution is 2.19. The molecule has 0 aliphatic carbocycles. The summed E-state index contributed by atoms with van der Waals surface area (Å²) in [4.78, 5) is 41.7. The molecular formula is C24H31N5O3. The molecule has 3 aromatic rings. The number of nitrogens with one attached hydrogen (secondary N) is 2. The number of benzene rings is 1. The SMILES string of the molecule is CCn1c(=O)n(CC)c2nc(NC(=O)CCC(=O)N[C@H](C)c3cc(C)ccc3C)ccc21. The van der Waals surface area contributed by atoms with E-state index >= 15 is 0 Å². The second-order valence-electron chi connectivity index (χ2n) is 8.01. The Hall–Kier alpha value is -3.42. The molecule has 2 N–H and O–H groups in total. The van der Waals surface area contributed by atoms with Crippen LogP contribution >= 0.6 is 0 Å². The first-order chi connectivity index (χ1) is 15.2. The molecule has 3 rings (SSSR count). The summed E-state index contributed by atoms with van der Waals surface area (Å²) in [5, 5.41) is 5.70. The lowest BCUT2D eigenvalue weighted by Gasteiger charge is -2.17. The molecule has 0 spiro atoms. The van der Waals surface area contributed by atoms with Crippen LogP contribution in [-0.2, 0) is 22.7 Å². The fourth-order valence-electron chi connectivity index (χ4n) is 3.90. The molecule has 1 aromatic carbocycles. The van der Waals surface area contributed by atoms with Crippen LogP contribution in [0.15, 0.2) is 35.1 Å². The summed E-state index contributed by atoms with van der Waals surface area (Å²) in [6.45, 7) is 10.8. The first-order valence-electron chi connectivity index (χ1n) is 11.0. The van der Waals surface area contributed by atoms with E-state index in [0.29, 0.717) is 24.6 Å². The van der Waals surface area contributed by atoms with Crippen molar-refractivity contribution in [2.24, 2.45) is 0 Å². The van der Waals surface area contributed by atoms with Crippen LogP contribution in [0.25, 0.3) is 11.2 Å². The number of aryl methyl sites for hydroxylation is 4. The van der Waals surface area contributed by atoms with Crippen LogP contribution in [0.4, 0.5) is 5.82 Å². The van der Waals surface area contributed by atoms with E-state index in [1.54, 1.807) is 21.3 Å². The maximum atomic E-state index is 12.4. The van der Waals surface area contributed by atoms with Gasteiger partial charge in [0.2, 0.25) is 11.8 Å². The summed E-state index contributed by atoms with van der Waals surface area (Å²) in [5.41, 5.74) is 4.48. The van der Waals surface area contributed by atoms with Crippen LogP contribution in [0.3, 0.4) is 0 Å². The molecule has 0 aliphatic rings. The maximum absolute atomic E-state index is 12.4. The zero-order valence-corrected chi connectivity index (χ0v) is 19.4. The van der Waals surface area contributed by atoms with Gasteiger partial charge in [0.25, 0.3) is 0 Å². The Morgan fingerprint density at radius 2 is 1.69 bits per heavy atom. The van der Waals surface area contributed by atoms with Crippen LogP contribution in [0.5, 0.6) is 0 Å². The highest BCUT2D eigenvalue weighted by atomic mass is 16.2. The largest absolute Gasteiger partial charge is 0.350 e. The summed E-state index contributed by atoms with van der Waals surface area (Å²) in [7, 11) is 0. The third kappa shape index (κ3) is 4.90. The lowest BCUT2D eigenvalue weighted by molar-refractivity contribution is -0.124. The number of hydrogen-bond acceptors (Lipinski definition) is 4. The molecule has 32 heavy (non-hydrogen) atoms.